The number of epoxide rings is 1. The van der Waals surface area contributed by atoms with Crippen molar-refractivity contribution in [1.29, 1.82) is 0 Å². The zero-order valence-electron chi connectivity index (χ0n) is 17.5. The second kappa shape index (κ2) is 5.88. The maximum Gasteiger partial charge on any atom is 0.334 e. The third-order valence-electron chi connectivity index (χ3n) is 8.19. The first kappa shape index (κ1) is 20.5. The first-order chi connectivity index (χ1) is 13.9. The second-order valence-corrected chi connectivity index (χ2v) is 10.2. The predicted molar refractivity (Wildman–Crippen MR) is 105 cm³/mol. The molecular formula is C22H27ClO7. The van der Waals surface area contributed by atoms with Gasteiger partial charge in [-0.05, 0) is 32.3 Å². The molecule has 2 heterocycles. The zero-order valence-corrected chi connectivity index (χ0v) is 18.2. The number of halogens is 1. The Balaban J connectivity index is 1.76. The highest BCUT2D eigenvalue weighted by atomic mass is 35.5. The van der Waals surface area contributed by atoms with Crippen LogP contribution in [-0.4, -0.2) is 62.6 Å². The molecule has 0 aromatic heterocycles. The van der Waals surface area contributed by atoms with E-state index in [1.165, 1.54) is 6.92 Å². The summed E-state index contributed by atoms with van der Waals surface area (Å²) in [6.07, 6.45) is -1.44. The number of carbonyl (C=O) groups is 2. The summed E-state index contributed by atoms with van der Waals surface area (Å²) in [5.74, 6) is -2.36. The van der Waals surface area contributed by atoms with Crippen LogP contribution in [0.4, 0.5) is 0 Å². The molecule has 5 rings (SSSR count). The number of aliphatic hydroxyl groups is 2. The van der Waals surface area contributed by atoms with Crippen LogP contribution in [0.2, 0.25) is 0 Å². The van der Waals surface area contributed by atoms with Gasteiger partial charge in [0.15, 0.2) is 0 Å². The van der Waals surface area contributed by atoms with Crippen molar-refractivity contribution >= 4 is 23.5 Å². The number of hydrogen-bond acceptors (Lipinski definition) is 7. The van der Waals surface area contributed by atoms with Gasteiger partial charge in [-0.3, -0.25) is 4.79 Å². The summed E-state index contributed by atoms with van der Waals surface area (Å²) in [5, 5.41) is 22.5. The van der Waals surface area contributed by atoms with Crippen molar-refractivity contribution in [2.24, 2.45) is 17.8 Å². The fraction of sp³-hybridized carbons (Fsp3) is 0.727. The zero-order chi connectivity index (χ0) is 22.0. The summed E-state index contributed by atoms with van der Waals surface area (Å²) >= 11 is 6.79. The molecule has 0 radical (unpaired) electrons. The molecule has 5 aliphatic rings. The number of aliphatic hydroxyl groups excluding tert-OH is 1. The Morgan fingerprint density at radius 1 is 1.33 bits per heavy atom. The van der Waals surface area contributed by atoms with Gasteiger partial charge in [-0.2, -0.15) is 0 Å². The Hall–Kier alpha value is -1.41. The monoisotopic (exact) mass is 438 g/mol. The molecule has 4 fully saturated rings. The Kier molecular flexibility index (Phi) is 4.02. The first-order valence-corrected chi connectivity index (χ1v) is 10.9. The number of hydrogen-bond donors (Lipinski definition) is 2. The molecule has 3 saturated carbocycles. The van der Waals surface area contributed by atoms with Crippen molar-refractivity contribution < 1.29 is 34.0 Å². The van der Waals surface area contributed by atoms with E-state index in [0.29, 0.717) is 24.0 Å². The lowest BCUT2D eigenvalue weighted by molar-refractivity contribution is -0.160. The van der Waals surface area contributed by atoms with E-state index in [2.05, 4.69) is 6.58 Å². The molecule has 30 heavy (non-hydrogen) atoms. The van der Waals surface area contributed by atoms with Gasteiger partial charge in [-0.15, -0.1) is 11.6 Å². The molecule has 2 N–H and O–H groups in total. The average Bonchev–Trinajstić information content (AvgIpc) is 3.28. The van der Waals surface area contributed by atoms with E-state index in [1.54, 1.807) is 13.8 Å². The lowest BCUT2D eigenvalue weighted by Gasteiger charge is -2.50. The Morgan fingerprint density at radius 2 is 2.00 bits per heavy atom. The maximum absolute atomic E-state index is 12.4. The van der Waals surface area contributed by atoms with Crippen molar-refractivity contribution in [3.63, 3.8) is 0 Å². The topological polar surface area (TPSA) is 106 Å². The van der Waals surface area contributed by atoms with Gasteiger partial charge in [0.1, 0.15) is 29.5 Å². The first-order valence-electron chi connectivity index (χ1n) is 10.4. The molecule has 1 saturated heterocycles. The van der Waals surface area contributed by atoms with Crippen molar-refractivity contribution in [3.05, 3.63) is 23.3 Å². The van der Waals surface area contributed by atoms with E-state index in [-0.39, 0.29) is 5.92 Å². The molecule has 7 nitrogen and oxygen atoms in total. The fourth-order valence-corrected chi connectivity index (χ4v) is 7.47. The van der Waals surface area contributed by atoms with Crippen molar-refractivity contribution in [2.75, 3.05) is 0 Å². The molecule has 10 atom stereocenters. The van der Waals surface area contributed by atoms with Crippen molar-refractivity contribution in [2.45, 2.75) is 81.0 Å². The molecule has 0 amide bonds. The van der Waals surface area contributed by atoms with Crippen LogP contribution < -0.4 is 0 Å². The minimum Gasteiger partial charge on any atom is -0.459 e. The van der Waals surface area contributed by atoms with Crippen molar-refractivity contribution in [3.8, 4) is 0 Å². The lowest BCUT2D eigenvalue weighted by Crippen LogP contribution is -2.67. The van der Waals surface area contributed by atoms with E-state index >= 15 is 0 Å². The van der Waals surface area contributed by atoms with Crippen LogP contribution in [0.1, 0.15) is 40.5 Å². The Labute approximate surface area is 180 Å². The molecular weight excluding hydrogens is 412 g/mol. The number of ether oxygens (including phenoxy) is 3. The van der Waals surface area contributed by atoms with E-state index in [9.17, 15) is 19.8 Å². The van der Waals surface area contributed by atoms with Crippen LogP contribution in [-0.2, 0) is 23.8 Å². The molecule has 3 aliphatic carbocycles. The number of fused-ring (bicyclic) bond motifs is 3. The maximum atomic E-state index is 12.4. The molecule has 0 bridgehead atoms. The Bertz CT molecular complexity index is 909. The number of carbonyl (C=O) groups excluding carboxylic acids is 2. The molecule has 164 valence electrons. The molecule has 8 heteroatoms. The summed E-state index contributed by atoms with van der Waals surface area (Å²) in [4.78, 5) is 24.3. The predicted octanol–water partition coefficient (Wildman–Crippen LogP) is 1.63. The van der Waals surface area contributed by atoms with Gasteiger partial charge in [0, 0.05) is 30.3 Å². The summed E-state index contributed by atoms with van der Waals surface area (Å²) in [6, 6.07) is 0. The number of alkyl halides is 1. The largest absolute Gasteiger partial charge is 0.459 e. The highest BCUT2D eigenvalue weighted by molar-refractivity contribution is 6.22. The molecule has 0 aromatic rings. The number of rotatable bonds is 1. The third kappa shape index (κ3) is 2.03. The van der Waals surface area contributed by atoms with Crippen LogP contribution in [0, 0.1) is 17.8 Å². The highest BCUT2D eigenvalue weighted by Gasteiger charge is 2.94. The minimum absolute atomic E-state index is 0.308. The fourth-order valence-electron chi connectivity index (χ4n) is 7.00. The summed E-state index contributed by atoms with van der Waals surface area (Å²) < 4.78 is 17.6. The quantitative estimate of drug-likeness (QED) is 0.277. The van der Waals surface area contributed by atoms with Gasteiger partial charge in [-0.1, -0.05) is 19.1 Å². The van der Waals surface area contributed by atoms with Crippen LogP contribution in [0.5, 0.6) is 0 Å². The Morgan fingerprint density at radius 3 is 2.63 bits per heavy atom. The van der Waals surface area contributed by atoms with E-state index in [0.717, 1.165) is 5.57 Å². The minimum atomic E-state index is -1.65. The summed E-state index contributed by atoms with van der Waals surface area (Å²) in [5.41, 5.74) is -2.09. The molecule has 2 aliphatic heterocycles. The van der Waals surface area contributed by atoms with Crippen LogP contribution >= 0.6 is 11.6 Å². The molecule has 0 aromatic carbocycles. The van der Waals surface area contributed by atoms with Gasteiger partial charge in [-0.25, -0.2) is 4.79 Å². The number of esters is 2. The summed E-state index contributed by atoms with van der Waals surface area (Å²) in [6.45, 7) is 10.7. The highest BCUT2D eigenvalue weighted by Crippen LogP contribution is 2.76. The van der Waals surface area contributed by atoms with Crippen LogP contribution in [0.25, 0.3) is 0 Å². The van der Waals surface area contributed by atoms with Gasteiger partial charge < -0.3 is 24.4 Å². The van der Waals surface area contributed by atoms with Gasteiger partial charge in [0.25, 0.3) is 0 Å². The van der Waals surface area contributed by atoms with E-state index < -0.39 is 64.3 Å². The SMILES string of the molecule is C=C1CC[C@@H]2OC(=O)C(C)=C2[C@@H]2[C@@H]1[C@@]13O[C@@]1([C@@H](Cl)[C@@H](C)[C@H]3OC(C)=O)[C@@H](O)[C@@]2(C)O. The standard InChI is InChI=1S/C22H27ClO7/c1-8-6-7-12-13(9(2)18(25)29-12)15-14(8)21-17(28-11(4)24)10(3)16(23)22(21,30-21)19(26)20(15,5)27/h10,12,14-17,19,26-27H,1,6-7H2,2-5H3/t10-,12+,14-,15-,16+,17-,19+,20+,21+,22+/m1/s1. The lowest BCUT2D eigenvalue weighted by atomic mass is 9.55. The smallest absolute Gasteiger partial charge is 0.334 e. The van der Waals surface area contributed by atoms with Gasteiger partial charge >= 0.3 is 11.9 Å². The second-order valence-electron chi connectivity index (χ2n) is 9.73. The van der Waals surface area contributed by atoms with Crippen molar-refractivity contribution in [1.82, 2.24) is 0 Å². The van der Waals surface area contributed by atoms with E-state index in [1.807, 2.05) is 6.92 Å². The van der Waals surface area contributed by atoms with Gasteiger partial charge in [0.2, 0.25) is 0 Å². The third-order valence-corrected chi connectivity index (χ3v) is 8.92. The molecule has 0 unspecified atom stereocenters. The van der Waals surface area contributed by atoms with Crippen LogP contribution in [0.15, 0.2) is 23.3 Å². The van der Waals surface area contributed by atoms with Crippen LogP contribution in [0.3, 0.4) is 0 Å². The molecule has 0 spiro atoms. The summed E-state index contributed by atoms with van der Waals surface area (Å²) in [7, 11) is 0. The van der Waals surface area contributed by atoms with Gasteiger partial charge in [0.05, 0.1) is 11.0 Å². The average molecular weight is 439 g/mol. The normalized spacial score (nSPS) is 53.9. The van der Waals surface area contributed by atoms with E-state index in [4.69, 9.17) is 25.8 Å².